The zero-order chi connectivity index (χ0) is 17.1. The van der Waals surface area contributed by atoms with Crippen LogP contribution in [0.3, 0.4) is 0 Å². The largest absolute Gasteiger partial charge is 0.378 e. The maximum atomic E-state index is 12.6. The third-order valence-corrected chi connectivity index (χ3v) is 5.86. The van der Waals surface area contributed by atoms with E-state index in [1.807, 2.05) is 20.8 Å². The molecule has 5 nitrogen and oxygen atoms in total. The summed E-state index contributed by atoms with van der Waals surface area (Å²) in [5.74, 6) is 0.426. The van der Waals surface area contributed by atoms with Crippen molar-refractivity contribution in [1.29, 1.82) is 0 Å². The Bertz CT molecular complexity index is 407. The SMILES string of the molecule is CCOC1CC(N)(C(=O)NCC(C)CN2CCCCC2)C1(C)C. The van der Waals surface area contributed by atoms with E-state index in [0.29, 0.717) is 25.5 Å². The van der Waals surface area contributed by atoms with E-state index in [1.54, 1.807) is 0 Å². The Kier molecular flexibility index (Phi) is 6.09. The highest BCUT2D eigenvalue weighted by Crippen LogP contribution is 2.49. The summed E-state index contributed by atoms with van der Waals surface area (Å²) in [5.41, 5.74) is 5.29. The van der Waals surface area contributed by atoms with E-state index in [4.69, 9.17) is 10.5 Å². The van der Waals surface area contributed by atoms with Gasteiger partial charge in [-0.3, -0.25) is 4.79 Å². The first kappa shape index (κ1) is 18.7. The molecule has 0 radical (unpaired) electrons. The lowest BCUT2D eigenvalue weighted by atomic mass is 9.54. The number of likely N-dealkylation sites (tertiary alicyclic amines) is 1. The third-order valence-electron chi connectivity index (χ3n) is 5.86. The number of hydrogen-bond acceptors (Lipinski definition) is 4. The maximum absolute atomic E-state index is 12.6. The molecule has 0 bridgehead atoms. The van der Waals surface area contributed by atoms with Crippen LogP contribution in [0.5, 0.6) is 0 Å². The number of carbonyl (C=O) groups excluding carboxylic acids is 1. The molecule has 1 saturated carbocycles. The number of ether oxygens (including phenoxy) is 1. The van der Waals surface area contributed by atoms with Crippen molar-refractivity contribution in [3.63, 3.8) is 0 Å². The summed E-state index contributed by atoms with van der Waals surface area (Å²) in [6, 6.07) is 0. The number of nitrogens with two attached hydrogens (primary N) is 1. The van der Waals surface area contributed by atoms with Crippen molar-refractivity contribution in [3.05, 3.63) is 0 Å². The van der Waals surface area contributed by atoms with Crippen LogP contribution in [-0.4, -0.2) is 55.2 Å². The van der Waals surface area contributed by atoms with Gasteiger partial charge < -0.3 is 20.7 Å². The van der Waals surface area contributed by atoms with Crippen LogP contribution in [0.25, 0.3) is 0 Å². The Balaban J connectivity index is 1.78. The normalized spacial score (nSPS) is 32.1. The van der Waals surface area contributed by atoms with Gasteiger partial charge in [-0.2, -0.15) is 0 Å². The van der Waals surface area contributed by atoms with Crippen molar-refractivity contribution in [2.24, 2.45) is 17.1 Å². The van der Waals surface area contributed by atoms with Gasteiger partial charge in [0.1, 0.15) is 5.54 Å². The van der Waals surface area contributed by atoms with Crippen LogP contribution in [0.4, 0.5) is 0 Å². The Labute approximate surface area is 141 Å². The second-order valence-electron chi connectivity index (χ2n) is 8.02. The van der Waals surface area contributed by atoms with E-state index in [9.17, 15) is 4.79 Å². The number of hydrogen-bond donors (Lipinski definition) is 2. The molecule has 0 aromatic rings. The van der Waals surface area contributed by atoms with Gasteiger partial charge in [-0.1, -0.05) is 27.2 Å². The number of piperidine rings is 1. The number of amides is 1. The minimum atomic E-state index is -0.808. The lowest BCUT2D eigenvalue weighted by molar-refractivity contribution is -0.170. The molecule has 1 heterocycles. The van der Waals surface area contributed by atoms with E-state index >= 15 is 0 Å². The lowest BCUT2D eigenvalue weighted by Crippen LogP contribution is -2.75. The Morgan fingerprint density at radius 2 is 2.00 bits per heavy atom. The fraction of sp³-hybridized carbons (Fsp3) is 0.944. The van der Waals surface area contributed by atoms with Crippen molar-refractivity contribution in [2.75, 3.05) is 32.8 Å². The van der Waals surface area contributed by atoms with Crippen LogP contribution in [0.1, 0.15) is 53.4 Å². The molecule has 2 rings (SSSR count). The predicted octanol–water partition coefficient (Wildman–Crippen LogP) is 1.76. The van der Waals surface area contributed by atoms with E-state index in [-0.39, 0.29) is 17.4 Å². The Morgan fingerprint density at radius 3 is 2.57 bits per heavy atom. The van der Waals surface area contributed by atoms with Crippen molar-refractivity contribution in [3.8, 4) is 0 Å². The first-order valence-corrected chi connectivity index (χ1v) is 9.22. The van der Waals surface area contributed by atoms with Gasteiger partial charge in [0.25, 0.3) is 0 Å². The summed E-state index contributed by atoms with van der Waals surface area (Å²) in [6.45, 7) is 13.1. The van der Waals surface area contributed by atoms with Gasteiger partial charge >= 0.3 is 0 Å². The van der Waals surface area contributed by atoms with E-state index in [1.165, 1.54) is 32.4 Å². The second kappa shape index (κ2) is 7.49. The standard InChI is InChI=1S/C18H35N3O2/c1-5-23-15-11-18(19,17(15,3)4)16(22)20-12-14(2)13-21-9-7-6-8-10-21/h14-15H,5-13,19H2,1-4H3,(H,20,22). The minimum absolute atomic E-state index is 0.0241. The summed E-state index contributed by atoms with van der Waals surface area (Å²) in [4.78, 5) is 15.1. The van der Waals surface area contributed by atoms with Gasteiger partial charge in [-0.25, -0.2) is 0 Å². The quantitative estimate of drug-likeness (QED) is 0.748. The number of nitrogens with one attached hydrogen (secondary N) is 1. The highest BCUT2D eigenvalue weighted by atomic mass is 16.5. The molecule has 134 valence electrons. The molecule has 1 aliphatic carbocycles. The van der Waals surface area contributed by atoms with Gasteiger partial charge in [0, 0.05) is 31.5 Å². The zero-order valence-electron chi connectivity index (χ0n) is 15.4. The molecule has 3 N–H and O–H groups in total. The molecule has 2 fully saturated rings. The first-order chi connectivity index (χ1) is 10.8. The van der Waals surface area contributed by atoms with Gasteiger partial charge in [0.05, 0.1) is 6.10 Å². The van der Waals surface area contributed by atoms with Crippen LogP contribution >= 0.6 is 0 Å². The molecule has 5 heteroatoms. The number of nitrogens with zero attached hydrogens (tertiary/aromatic N) is 1. The Hall–Kier alpha value is -0.650. The van der Waals surface area contributed by atoms with E-state index in [2.05, 4.69) is 17.1 Å². The van der Waals surface area contributed by atoms with Crippen molar-refractivity contribution in [2.45, 2.75) is 65.0 Å². The second-order valence-corrected chi connectivity index (χ2v) is 8.02. The monoisotopic (exact) mass is 325 g/mol. The average molecular weight is 325 g/mol. The highest BCUT2D eigenvalue weighted by Gasteiger charge is 2.62. The van der Waals surface area contributed by atoms with Crippen LogP contribution < -0.4 is 11.1 Å². The molecular formula is C18H35N3O2. The van der Waals surface area contributed by atoms with Crippen LogP contribution in [0.15, 0.2) is 0 Å². The first-order valence-electron chi connectivity index (χ1n) is 9.22. The van der Waals surface area contributed by atoms with Crippen molar-refractivity contribution < 1.29 is 9.53 Å². The zero-order valence-corrected chi connectivity index (χ0v) is 15.4. The predicted molar refractivity (Wildman–Crippen MR) is 93.2 cm³/mol. The van der Waals surface area contributed by atoms with Gasteiger partial charge in [0.15, 0.2) is 0 Å². The molecule has 1 aliphatic heterocycles. The fourth-order valence-electron chi connectivity index (χ4n) is 3.89. The van der Waals surface area contributed by atoms with Gasteiger partial charge in [-0.15, -0.1) is 0 Å². The van der Waals surface area contributed by atoms with Crippen molar-refractivity contribution in [1.82, 2.24) is 10.2 Å². The molecule has 2 aliphatic rings. The summed E-state index contributed by atoms with van der Waals surface area (Å²) < 4.78 is 5.70. The summed E-state index contributed by atoms with van der Waals surface area (Å²) in [5, 5.41) is 3.09. The topological polar surface area (TPSA) is 67.6 Å². The van der Waals surface area contributed by atoms with Crippen LogP contribution in [-0.2, 0) is 9.53 Å². The molecule has 0 aromatic carbocycles. The van der Waals surface area contributed by atoms with Gasteiger partial charge in [0.2, 0.25) is 5.91 Å². The molecule has 0 aromatic heterocycles. The smallest absolute Gasteiger partial charge is 0.240 e. The van der Waals surface area contributed by atoms with E-state index < -0.39 is 5.54 Å². The van der Waals surface area contributed by atoms with Crippen LogP contribution in [0, 0.1) is 11.3 Å². The third kappa shape index (κ3) is 3.89. The summed E-state index contributed by atoms with van der Waals surface area (Å²) in [7, 11) is 0. The molecule has 1 amide bonds. The van der Waals surface area contributed by atoms with Crippen LogP contribution in [0.2, 0.25) is 0 Å². The molecule has 3 atom stereocenters. The minimum Gasteiger partial charge on any atom is -0.378 e. The summed E-state index contributed by atoms with van der Waals surface area (Å²) in [6.07, 6.45) is 4.65. The molecular weight excluding hydrogens is 290 g/mol. The summed E-state index contributed by atoms with van der Waals surface area (Å²) >= 11 is 0. The van der Waals surface area contributed by atoms with E-state index in [0.717, 1.165) is 6.54 Å². The number of rotatable bonds is 7. The average Bonchev–Trinajstić information content (AvgIpc) is 2.53. The molecule has 1 saturated heterocycles. The lowest BCUT2D eigenvalue weighted by Gasteiger charge is -2.57. The Morgan fingerprint density at radius 1 is 1.35 bits per heavy atom. The molecule has 23 heavy (non-hydrogen) atoms. The molecule has 3 unspecified atom stereocenters. The van der Waals surface area contributed by atoms with Crippen molar-refractivity contribution >= 4 is 5.91 Å². The van der Waals surface area contributed by atoms with Gasteiger partial charge in [-0.05, 0) is 38.8 Å². The maximum Gasteiger partial charge on any atom is 0.240 e. The molecule has 0 spiro atoms. The number of carbonyl (C=O) groups is 1. The fourth-order valence-corrected chi connectivity index (χ4v) is 3.89. The highest BCUT2D eigenvalue weighted by molar-refractivity contribution is 5.88.